The first-order valence-corrected chi connectivity index (χ1v) is 4.72. The smallest absolute Gasteiger partial charge is 0.419 e. The summed E-state index contributed by atoms with van der Waals surface area (Å²) in [7, 11) is 0.507. The number of hydrogen-bond acceptors (Lipinski definition) is 1. The average Bonchev–Trinajstić information content (AvgIpc) is 2.23. The lowest BCUT2D eigenvalue weighted by molar-refractivity contribution is -0.150. The average molecular weight is 312 g/mol. The van der Waals surface area contributed by atoms with Crippen molar-refractivity contribution < 1.29 is 44.3 Å². The molecule has 10 heteroatoms. The number of ether oxygens (including phenoxy) is 1. The van der Waals surface area contributed by atoms with Gasteiger partial charge in [0.25, 0.3) is 0 Å². The molecular weight excluding hydrogens is 307 g/mol. The Morgan fingerprint density at radius 2 is 1.05 bits per heavy atom. The molecule has 0 saturated carbocycles. The molecule has 0 aliphatic rings. The van der Waals surface area contributed by atoms with Gasteiger partial charge >= 0.3 is 18.5 Å². The topological polar surface area (TPSA) is 9.23 Å². The van der Waals surface area contributed by atoms with Crippen LogP contribution in [0, 0.1) is 0 Å². The van der Waals surface area contributed by atoms with Crippen molar-refractivity contribution in [1.82, 2.24) is 0 Å². The highest BCUT2D eigenvalue weighted by atomic mass is 19.4. The van der Waals surface area contributed by atoms with Crippen molar-refractivity contribution in [3.05, 3.63) is 28.8 Å². The Morgan fingerprint density at radius 3 is 1.25 bits per heavy atom. The Kier molecular flexibility index (Phi) is 3.90. The van der Waals surface area contributed by atoms with Gasteiger partial charge in [0.15, 0.2) is 0 Å². The molecule has 114 valence electrons. The molecule has 0 aliphatic carbocycles. The largest absolute Gasteiger partial charge is 0.495 e. The summed E-state index contributed by atoms with van der Waals surface area (Å²) in [5.41, 5.74) is -6.33. The van der Waals surface area contributed by atoms with Crippen molar-refractivity contribution in [1.29, 1.82) is 0 Å². The van der Waals surface area contributed by atoms with E-state index in [4.69, 9.17) is 0 Å². The molecule has 1 nitrogen and oxygen atoms in total. The Hall–Kier alpha value is -1.61. The zero-order chi connectivity index (χ0) is 15.9. The van der Waals surface area contributed by atoms with Crippen molar-refractivity contribution in [3.8, 4) is 5.75 Å². The second-order valence-corrected chi connectivity index (χ2v) is 3.60. The standard InChI is InChI=1S/C10H5F9O/c1-20-7-5(9(14,15)16)2-4(8(11,12)13)3-6(7)10(17,18)19/h2-3H,1H3. The van der Waals surface area contributed by atoms with Crippen LogP contribution in [0.25, 0.3) is 0 Å². The Bertz CT molecular complexity index is 460. The van der Waals surface area contributed by atoms with Crippen LogP contribution in [0.5, 0.6) is 5.75 Å². The monoisotopic (exact) mass is 312 g/mol. The predicted molar refractivity (Wildman–Crippen MR) is 48.0 cm³/mol. The second-order valence-electron chi connectivity index (χ2n) is 3.60. The predicted octanol–water partition coefficient (Wildman–Crippen LogP) is 4.75. The van der Waals surface area contributed by atoms with Crippen molar-refractivity contribution in [2.24, 2.45) is 0 Å². The van der Waals surface area contributed by atoms with E-state index in [1.807, 2.05) is 0 Å². The van der Waals surface area contributed by atoms with Crippen molar-refractivity contribution in [2.75, 3.05) is 7.11 Å². The van der Waals surface area contributed by atoms with E-state index in [0.29, 0.717) is 7.11 Å². The van der Waals surface area contributed by atoms with Crippen LogP contribution in [0.3, 0.4) is 0 Å². The van der Waals surface area contributed by atoms with E-state index in [2.05, 4.69) is 4.74 Å². The minimum absolute atomic E-state index is 0.423. The van der Waals surface area contributed by atoms with Crippen LogP contribution in [-0.4, -0.2) is 7.11 Å². The van der Waals surface area contributed by atoms with E-state index < -0.39 is 53.1 Å². The van der Waals surface area contributed by atoms with Gasteiger partial charge in [0.1, 0.15) is 5.75 Å². The maximum absolute atomic E-state index is 12.6. The second kappa shape index (κ2) is 4.74. The van der Waals surface area contributed by atoms with Gasteiger partial charge in [0.2, 0.25) is 0 Å². The molecule has 0 saturated heterocycles. The molecule has 1 rings (SSSR count). The number of rotatable bonds is 1. The first-order valence-electron chi connectivity index (χ1n) is 4.72. The highest BCUT2D eigenvalue weighted by Gasteiger charge is 2.45. The molecule has 0 aliphatic heterocycles. The molecule has 0 heterocycles. The Labute approximate surface area is 105 Å². The van der Waals surface area contributed by atoms with Crippen LogP contribution in [0.15, 0.2) is 12.1 Å². The SMILES string of the molecule is COc1c(C(F)(F)F)cc(C(F)(F)F)cc1C(F)(F)F. The fourth-order valence-corrected chi connectivity index (χ4v) is 1.43. The van der Waals surface area contributed by atoms with E-state index in [9.17, 15) is 39.5 Å². The first kappa shape index (κ1) is 16.4. The van der Waals surface area contributed by atoms with Gasteiger partial charge in [-0.25, -0.2) is 0 Å². The lowest BCUT2D eigenvalue weighted by Gasteiger charge is -2.20. The molecule has 0 aromatic heterocycles. The maximum atomic E-state index is 12.6. The lowest BCUT2D eigenvalue weighted by atomic mass is 10.0. The van der Waals surface area contributed by atoms with Gasteiger partial charge in [0.05, 0.1) is 23.8 Å². The number of hydrogen-bond donors (Lipinski definition) is 0. The summed E-state index contributed by atoms with van der Waals surface area (Å²) in [6.45, 7) is 0. The van der Waals surface area contributed by atoms with Gasteiger partial charge in [-0.2, -0.15) is 39.5 Å². The van der Waals surface area contributed by atoms with Crippen LogP contribution in [0.2, 0.25) is 0 Å². The van der Waals surface area contributed by atoms with Crippen LogP contribution in [0.4, 0.5) is 39.5 Å². The van der Waals surface area contributed by atoms with Gasteiger partial charge in [-0.1, -0.05) is 0 Å². The van der Waals surface area contributed by atoms with Crippen LogP contribution < -0.4 is 4.74 Å². The molecular formula is C10H5F9O. The molecule has 0 atom stereocenters. The van der Waals surface area contributed by atoms with Gasteiger partial charge in [0, 0.05) is 0 Å². The van der Waals surface area contributed by atoms with Crippen molar-refractivity contribution >= 4 is 0 Å². The fourth-order valence-electron chi connectivity index (χ4n) is 1.43. The number of benzene rings is 1. The molecule has 0 N–H and O–H groups in total. The Balaban J connectivity index is 3.75. The minimum atomic E-state index is -5.42. The van der Waals surface area contributed by atoms with Crippen molar-refractivity contribution in [2.45, 2.75) is 18.5 Å². The lowest BCUT2D eigenvalue weighted by Crippen LogP contribution is -2.17. The molecule has 0 unspecified atom stereocenters. The highest BCUT2D eigenvalue weighted by molar-refractivity contribution is 5.48. The molecule has 1 aromatic rings. The van der Waals surface area contributed by atoms with Crippen molar-refractivity contribution in [3.63, 3.8) is 0 Å². The van der Waals surface area contributed by atoms with Gasteiger partial charge in [-0.15, -0.1) is 0 Å². The third kappa shape index (κ3) is 3.28. The Morgan fingerprint density at radius 1 is 0.700 bits per heavy atom. The van der Waals surface area contributed by atoms with E-state index >= 15 is 0 Å². The van der Waals surface area contributed by atoms with E-state index in [1.165, 1.54) is 0 Å². The summed E-state index contributed by atoms with van der Waals surface area (Å²) in [5, 5.41) is 0. The van der Waals surface area contributed by atoms with Crippen LogP contribution in [0.1, 0.15) is 16.7 Å². The fraction of sp³-hybridized carbons (Fsp3) is 0.400. The third-order valence-corrected chi connectivity index (χ3v) is 2.23. The minimum Gasteiger partial charge on any atom is -0.495 e. The zero-order valence-electron chi connectivity index (χ0n) is 9.46. The molecule has 1 aromatic carbocycles. The number of alkyl halides is 9. The molecule has 20 heavy (non-hydrogen) atoms. The third-order valence-electron chi connectivity index (χ3n) is 2.23. The molecule has 0 fully saturated rings. The summed E-state index contributed by atoms with van der Waals surface area (Å²) >= 11 is 0. The van der Waals surface area contributed by atoms with E-state index in [1.54, 1.807) is 0 Å². The summed E-state index contributed by atoms with van der Waals surface area (Å²) in [6, 6.07) is -0.845. The molecule has 0 bridgehead atoms. The maximum Gasteiger partial charge on any atom is 0.419 e. The molecule has 0 amide bonds. The highest BCUT2D eigenvalue weighted by Crippen LogP contribution is 2.47. The summed E-state index contributed by atoms with van der Waals surface area (Å²) in [5.74, 6) is -1.70. The summed E-state index contributed by atoms with van der Waals surface area (Å²) in [6.07, 6.45) is -16.2. The number of halogens is 9. The molecule has 0 radical (unpaired) electrons. The van der Waals surface area contributed by atoms with Gasteiger partial charge in [-0.05, 0) is 12.1 Å². The summed E-state index contributed by atoms with van der Waals surface area (Å²) in [4.78, 5) is 0. The van der Waals surface area contributed by atoms with E-state index in [-0.39, 0.29) is 0 Å². The van der Waals surface area contributed by atoms with Crippen LogP contribution in [-0.2, 0) is 18.5 Å². The quantitative estimate of drug-likeness (QED) is 0.680. The van der Waals surface area contributed by atoms with Crippen LogP contribution >= 0.6 is 0 Å². The van der Waals surface area contributed by atoms with E-state index in [0.717, 1.165) is 0 Å². The van der Waals surface area contributed by atoms with Gasteiger partial charge < -0.3 is 4.74 Å². The summed E-state index contributed by atoms with van der Waals surface area (Å²) < 4.78 is 116. The number of methoxy groups -OCH3 is 1. The normalized spacial score (nSPS) is 13.5. The van der Waals surface area contributed by atoms with Gasteiger partial charge in [-0.3, -0.25) is 0 Å². The first-order chi connectivity index (χ1) is 8.78. The zero-order valence-corrected chi connectivity index (χ0v) is 9.46. The molecule has 0 spiro atoms.